The summed E-state index contributed by atoms with van der Waals surface area (Å²) in [5, 5.41) is 20.0. The quantitative estimate of drug-likeness (QED) is 0.652. The lowest BCUT2D eigenvalue weighted by Gasteiger charge is -2.29. The number of nitro groups is 1. The molecule has 0 heterocycles. The molecule has 102 valence electrons. The molecular formula is C11H16ClFN2O3. The zero-order chi connectivity index (χ0) is 13.2. The number of aliphatic hydroxyl groups is 1. The van der Waals surface area contributed by atoms with Crippen molar-refractivity contribution in [1.29, 1.82) is 0 Å². The number of nitrogens with zero attached hydrogens (tertiary/aromatic N) is 1. The molecule has 1 aromatic rings. The third-order valence-electron chi connectivity index (χ3n) is 2.77. The van der Waals surface area contributed by atoms with Crippen LogP contribution in [-0.2, 0) is 0 Å². The number of nitro benzene ring substituents is 1. The number of hydrogen-bond acceptors (Lipinski definition) is 4. The molecule has 0 aliphatic heterocycles. The maximum Gasteiger partial charge on any atom is 0.277 e. The predicted molar refractivity (Wildman–Crippen MR) is 68.1 cm³/mol. The zero-order valence-electron chi connectivity index (χ0n) is 10.1. The second-order valence-electron chi connectivity index (χ2n) is 4.58. The van der Waals surface area contributed by atoms with Crippen LogP contribution in [0.1, 0.15) is 25.5 Å². The van der Waals surface area contributed by atoms with Gasteiger partial charge in [-0.2, -0.15) is 0 Å². The van der Waals surface area contributed by atoms with Gasteiger partial charge < -0.3 is 10.8 Å². The minimum atomic E-state index is -0.742. The van der Waals surface area contributed by atoms with Gasteiger partial charge in [0.15, 0.2) is 0 Å². The Morgan fingerprint density at radius 2 is 2.11 bits per heavy atom. The highest BCUT2D eigenvalue weighted by Crippen LogP contribution is 2.35. The van der Waals surface area contributed by atoms with Crippen LogP contribution in [0.2, 0.25) is 0 Å². The van der Waals surface area contributed by atoms with Crippen molar-refractivity contribution >= 4 is 18.1 Å². The van der Waals surface area contributed by atoms with E-state index in [2.05, 4.69) is 0 Å². The van der Waals surface area contributed by atoms with Gasteiger partial charge in [0.05, 0.1) is 11.0 Å². The van der Waals surface area contributed by atoms with Gasteiger partial charge >= 0.3 is 0 Å². The Morgan fingerprint density at radius 1 is 1.56 bits per heavy atom. The van der Waals surface area contributed by atoms with Crippen LogP contribution in [0.3, 0.4) is 0 Å². The second-order valence-corrected chi connectivity index (χ2v) is 4.58. The summed E-state index contributed by atoms with van der Waals surface area (Å²) in [5.74, 6) is -0.686. The third kappa shape index (κ3) is 3.38. The molecule has 1 aromatic carbocycles. The molecule has 0 aromatic heterocycles. The van der Waals surface area contributed by atoms with Gasteiger partial charge in [0.2, 0.25) is 0 Å². The Morgan fingerprint density at radius 3 is 2.56 bits per heavy atom. The molecule has 0 aliphatic carbocycles. The Labute approximate surface area is 110 Å². The zero-order valence-corrected chi connectivity index (χ0v) is 10.9. The summed E-state index contributed by atoms with van der Waals surface area (Å²) in [7, 11) is 0. The summed E-state index contributed by atoms with van der Waals surface area (Å²) in [6.45, 7) is 3.15. The van der Waals surface area contributed by atoms with Crippen LogP contribution in [0.15, 0.2) is 18.2 Å². The largest absolute Gasteiger partial charge is 0.396 e. The van der Waals surface area contributed by atoms with E-state index in [1.165, 1.54) is 6.07 Å². The predicted octanol–water partition coefficient (Wildman–Crippen LogP) is 2.17. The van der Waals surface area contributed by atoms with Gasteiger partial charge in [-0.1, -0.05) is 13.8 Å². The first-order chi connectivity index (χ1) is 7.79. The van der Waals surface area contributed by atoms with Crippen molar-refractivity contribution in [2.24, 2.45) is 11.1 Å². The molecule has 0 unspecified atom stereocenters. The molecule has 0 fully saturated rings. The van der Waals surface area contributed by atoms with E-state index < -0.39 is 22.2 Å². The Kier molecular flexibility index (Phi) is 5.66. The van der Waals surface area contributed by atoms with Gasteiger partial charge in [0, 0.05) is 23.6 Å². The third-order valence-corrected chi connectivity index (χ3v) is 2.77. The molecule has 18 heavy (non-hydrogen) atoms. The van der Waals surface area contributed by atoms with E-state index in [4.69, 9.17) is 5.73 Å². The smallest absolute Gasteiger partial charge is 0.277 e. The van der Waals surface area contributed by atoms with Crippen molar-refractivity contribution in [2.75, 3.05) is 6.61 Å². The average Bonchev–Trinajstić information content (AvgIpc) is 2.28. The lowest BCUT2D eigenvalue weighted by molar-refractivity contribution is -0.386. The average molecular weight is 279 g/mol. The highest BCUT2D eigenvalue weighted by molar-refractivity contribution is 5.85. The molecule has 3 N–H and O–H groups in total. The van der Waals surface area contributed by atoms with Crippen molar-refractivity contribution in [1.82, 2.24) is 0 Å². The fourth-order valence-electron chi connectivity index (χ4n) is 1.46. The number of rotatable bonds is 4. The summed E-state index contributed by atoms with van der Waals surface area (Å²) in [6, 6.07) is 2.50. The van der Waals surface area contributed by atoms with Gasteiger partial charge in [-0.15, -0.1) is 12.4 Å². The van der Waals surface area contributed by atoms with Crippen LogP contribution < -0.4 is 5.73 Å². The van der Waals surface area contributed by atoms with Crippen molar-refractivity contribution in [3.05, 3.63) is 39.7 Å². The fourth-order valence-corrected chi connectivity index (χ4v) is 1.46. The lowest BCUT2D eigenvalue weighted by atomic mass is 9.81. The van der Waals surface area contributed by atoms with E-state index in [1.807, 2.05) is 0 Å². The molecule has 0 saturated heterocycles. The number of benzene rings is 1. The van der Waals surface area contributed by atoms with Gasteiger partial charge in [-0.05, 0) is 12.1 Å². The summed E-state index contributed by atoms with van der Waals surface area (Å²) < 4.78 is 13.0. The van der Waals surface area contributed by atoms with E-state index in [0.717, 1.165) is 12.1 Å². The SMILES string of the molecule is CC(C)(CO)[C@@H](N)c1ccc(F)cc1[N+](=O)[O-].Cl. The Hall–Kier alpha value is -1.24. The van der Waals surface area contributed by atoms with Crippen LogP contribution >= 0.6 is 12.4 Å². The van der Waals surface area contributed by atoms with Crippen molar-refractivity contribution in [3.63, 3.8) is 0 Å². The van der Waals surface area contributed by atoms with Gasteiger partial charge in [0.1, 0.15) is 5.82 Å². The molecule has 0 bridgehead atoms. The van der Waals surface area contributed by atoms with E-state index in [1.54, 1.807) is 13.8 Å². The standard InChI is InChI=1S/C11H15FN2O3.ClH/c1-11(2,6-15)10(13)8-4-3-7(12)5-9(8)14(16)17;/h3-5,10,15H,6,13H2,1-2H3;1H/t10-;/m0./s1. The molecule has 7 heteroatoms. The maximum atomic E-state index is 13.0. The first-order valence-corrected chi connectivity index (χ1v) is 5.10. The maximum absolute atomic E-state index is 13.0. The van der Waals surface area contributed by atoms with Gasteiger partial charge in [-0.3, -0.25) is 10.1 Å². The highest BCUT2D eigenvalue weighted by Gasteiger charge is 2.32. The number of hydrogen-bond donors (Lipinski definition) is 2. The Balaban J connectivity index is 0.00000289. The first-order valence-electron chi connectivity index (χ1n) is 5.10. The molecule has 0 aliphatic rings. The number of aliphatic hydroxyl groups excluding tert-OH is 1. The molecular weight excluding hydrogens is 263 g/mol. The van der Waals surface area contributed by atoms with E-state index in [9.17, 15) is 19.6 Å². The van der Waals surface area contributed by atoms with Crippen LogP contribution in [0.5, 0.6) is 0 Å². The topological polar surface area (TPSA) is 89.4 Å². The molecule has 0 saturated carbocycles. The highest BCUT2D eigenvalue weighted by atomic mass is 35.5. The molecule has 0 radical (unpaired) electrons. The van der Waals surface area contributed by atoms with Gasteiger partial charge in [0.25, 0.3) is 5.69 Å². The summed E-state index contributed by atoms with van der Waals surface area (Å²) in [4.78, 5) is 10.1. The van der Waals surface area contributed by atoms with Crippen LogP contribution in [-0.4, -0.2) is 16.6 Å². The molecule has 1 rings (SSSR count). The minimum Gasteiger partial charge on any atom is -0.396 e. The van der Waals surface area contributed by atoms with Crippen molar-refractivity contribution < 1.29 is 14.4 Å². The number of halogens is 2. The number of nitrogens with two attached hydrogens (primary N) is 1. The normalized spacial score (nSPS) is 12.7. The Bertz CT molecular complexity index is 440. The van der Waals surface area contributed by atoms with Crippen molar-refractivity contribution in [3.8, 4) is 0 Å². The summed E-state index contributed by atoms with van der Waals surface area (Å²) in [6.07, 6.45) is 0. The minimum absolute atomic E-state index is 0. The fraction of sp³-hybridized carbons (Fsp3) is 0.455. The monoisotopic (exact) mass is 278 g/mol. The summed E-state index contributed by atoms with van der Waals surface area (Å²) >= 11 is 0. The molecule has 1 atom stereocenters. The van der Waals surface area contributed by atoms with E-state index in [0.29, 0.717) is 0 Å². The molecule has 5 nitrogen and oxygen atoms in total. The van der Waals surface area contributed by atoms with Gasteiger partial charge in [-0.25, -0.2) is 4.39 Å². The second kappa shape index (κ2) is 6.08. The van der Waals surface area contributed by atoms with Crippen LogP contribution in [0, 0.1) is 21.3 Å². The first kappa shape index (κ1) is 16.8. The molecule has 0 spiro atoms. The molecule has 0 amide bonds. The van der Waals surface area contributed by atoms with E-state index >= 15 is 0 Å². The van der Waals surface area contributed by atoms with Crippen LogP contribution in [0.25, 0.3) is 0 Å². The lowest BCUT2D eigenvalue weighted by Crippen LogP contribution is -2.32. The van der Waals surface area contributed by atoms with Crippen molar-refractivity contribution in [2.45, 2.75) is 19.9 Å². The summed E-state index contributed by atoms with van der Waals surface area (Å²) in [5.41, 5.74) is 5.02. The van der Waals surface area contributed by atoms with E-state index in [-0.39, 0.29) is 30.3 Å². The van der Waals surface area contributed by atoms with Crippen LogP contribution in [0.4, 0.5) is 10.1 Å².